The molecule has 24 heavy (non-hydrogen) atoms. The Morgan fingerprint density at radius 3 is 2.50 bits per heavy atom. The molecule has 6 heteroatoms. The van der Waals surface area contributed by atoms with Gasteiger partial charge in [-0.1, -0.05) is 0 Å². The van der Waals surface area contributed by atoms with Crippen LogP contribution < -0.4 is 16.4 Å². The molecule has 5 N–H and O–H groups in total. The fourth-order valence-corrected chi connectivity index (χ4v) is 3.28. The summed E-state index contributed by atoms with van der Waals surface area (Å²) in [6.07, 6.45) is 5.78. The summed E-state index contributed by atoms with van der Waals surface area (Å²) in [5.41, 5.74) is 7.09. The van der Waals surface area contributed by atoms with Crippen LogP contribution in [0.5, 0.6) is 0 Å². The highest BCUT2D eigenvalue weighted by Crippen LogP contribution is 2.20. The molecular weight excluding hydrogens is 304 g/mol. The Kier molecular flexibility index (Phi) is 5.15. The molecule has 2 aromatic rings. The zero-order valence-electron chi connectivity index (χ0n) is 13.7. The van der Waals surface area contributed by atoms with Crippen LogP contribution in [-0.4, -0.2) is 35.4 Å². The van der Waals surface area contributed by atoms with Crippen LogP contribution >= 0.6 is 0 Å². The van der Waals surface area contributed by atoms with Crippen molar-refractivity contribution in [1.29, 1.82) is 0 Å². The summed E-state index contributed by atoms with van der Waals surface area (Å²) in [5.74, 6) is -0.0153. The second-order valence-corrected chi connectivity index (χ2v) is 6.41. The molecule has 1 aromatic carbocycles. The lowest BCUT2D eigenvalue weighted by Crippen LogP contribution is -2.44. The van der Waals surface area contributed by atoms with Crippen molar-refractivity contribution in [3.05, 3.63) is 36.0 Å². The number of nitrogens with two attached hydrogens (primary N) is 1. The van der Waals surface area contributed by atoms with Gasteiger partial charge in [0.05, 0.1) is 0 Å². The highest BCUT2D eigenvalue weighted by atomic mass is 16.2. The normalized spacial score (nSPS) is 20.7. The van der Waals surface area contributed by atoms with E-state index < -0.39 is 0 Å². The van der Waals surface area contributed by atoms with Gasteiger partial charge in [0.1, 0.15) is 0 Å². The molecule has 0 spiro atoms. The second kappa shape index (κ2) is 7.49. The third-order valence-electron chi connectivity index (χ3n) is 4.61. The lowest BCUT2D eigenvalue weighted by atomic mass is 9.91. The van der Waals surface area contributed by atoms with Crippen LogP contribution in [0.4, 0.5) is 0 Å². The predicted molar refractivity (Wildman–Crippen MR) is 93.6 cm³/mol. The summed E-state index contributed by atoms with van der Waals surface area (Å²) in [6.45, 7) is 0.378. The number of hydrogen-bond donors (Lipinski definition) is 4. The average molecular weight is 328 g/mol. The van der Waals surface area contributed by atoms with E-state index in [1.165, 1.54) is 0 Å². The highest BCUT2D eigenvalue weighted by Gasteiger charge is 2.23. The van der Waals surface area contributed by atoms with Crippen LogP contribution in [0.1, 0.15) is 42.5 Å². The van der Waals surface area contributed by atoms with Gasteiger partial charge in [0, 0.05) is 47.7 Å². The quantitative estimate of drug-likeness (QED) is 0.672. The minimum absolute atomic E-state index is 0.0183. The zero-order chi connectivity index (χ0) is 16.9. The van der Waals surface area contributed by atoms with Gasteiger partial charge in [0.25, 0.3) is 5.91 Å². The Morgan fingerprint density at radius 2 is 1.79 bits per heavy atom. The topological polar surface area (TPSA) is 100 Å². The molecule has 0 saturated heterocycles. The molecule has 0 atom stereocenters. The molecule has 0 unspecified atom stereocenters. The van der Waals surface area contributed by atoms with Crippen molar-refractivity contribution >= 4 is 22.7 Å². The summed E-state index contributed by atoms with van der Waals surface area (Å²) in [5, 5.41) is 7.15. The summed E-state index contributed by atoms with van der Waals surface area (Å²) in [4.78, 5) is 27.1. The van der Waals surface area contributed by atoms with E-state index in [0.29, 0.717) is 18.5 Å². The molecule has 1 aromatic heterocycles. The summed E-state index contributed by atoms with van der Waals surface area (Å²) >= 11 is 0. The lowest BCUT2D eigenvalue weighted by molar-refractivity contribution is -0.121. The Bertz CT molecular complexity index is 717. The van der Waals surface area contributed by atoms with Crippen LogP contribution in [-0.2, 0) is 4.79 Å². The monoisotopic (exact) mass is 328 g/mol. The maximum Gasteiger partial charge on any atom is 0.251 e. The Hall–Kier alpha value is -2.34. The van der Waals surface area contributed by atoms with Gasteiger partial charge in [0.2, 0.25) is 5.91 Å². The third kappa shape index (κ3) is 3.94. The SMILES string of the molecule is NCCC(=O)NC1CCC(NC(=O)c2ccc3[nH]ccc3c2)CC1. The third-order valence-corrected chi connectivity index (χ3v) is 4.61. The van der Waals surface area contributed by atoms with Gasteiger partial charge >= 0.3 is 0 Å². The second-order valence-electron chi connectivity index (χ2n) is 6.41. The van der Waals surface area contributed by atoms with Crippen molar-refractivity contribution in [2.75, 3.05) is 6.54 Å². The molecule has 128 valence electrons. The first kappa shape index (κ1) is 16.5. The largest absolute Gasteiger partial charge is 0.361 e. The van der Waals surface area contributed by atoms with Crippen LogP contribution in [0.2, 0.25) is 0 Å². The van der Waals surface area contributed by atoms with Gasteiger partial charge < -0.3 is 21.4 Å². The van der Waals surface area contributed by atoms with Crippen molar-refractivity contribution < 1.29 is 9.59 Å². The first-order valence-corrected chi connectivity index (χ1v) is 8.53. The summed E-state index contributed by atoms with van der Waals surface area (Å²) in [7, 11) is 0. The molecule has 1 aliphatic carbocycles. The molecule has 0 aliphatic heterocycles. The van der Waals surface area contributed by atoms with Crippen molar-refractivity contribution in [3.8, 4) is 0 Å². The van der Waals surface area contributed by atoms with Crippen molar-refractivity contribution in [3.63, 3.8) is 0 Å². The van der Waals surface area contributed by atoms with Crippen LogP contribution in [0.15, 0.2) is 30.5 Å². The standard InChI is InChI=1S/C18H24N4O2/c19-9-7-17(23)21-14-2-4-15(5-3-14)22-18(24)13-1-6-16-12(11-13)8-10-20-16/h1,6,8,10-11,14-15,20H,2-5,7,9,19H2,(H,21,23)(H,22,24). The number of fused-ring (bicyclic) bond motifs is 1. The van der Waals surface area contributed by atoms with E-state index >= 15 is 0 Å². The molecule has 1 aliphatic rings. The molecular formula is C18H24N4O2. The van der Waals surface area contributed by atoms with Gasteiger partial charge in [-0.2, -0.15) is 0 Å². The van der Waals surface area contributed by atoms with E-state index in [4.69, 9.17) is 5.73 Å². The van der Waals surface area contributed by atoms with E-state index in [1.54, 1.807) is 0 Å². The van der Waals surface area contributed by atoms with Gasteiger partial charge in [-0.05, 0) is 49.9 Å². The molecule has 1 heterocycles. The van der Waals surface area contributed by atoms with Crippen LogP contribution in [0.3, 0.4) is 0 Å². The number of benzene rings is 1. The first-order valence-electron chi connectivity index (χ1n) is 8.53. The predicted octanol–water partition coefficient (Wildman–Crippen LogP) is 1.67. The summed E-state index contributed by atoms with van der Waals surface area (Å²) in [6, 6.07) is 8.00. The number of amides is 2. The van der Waals surface area contributed by atoms with Crippen molar-refractivity contribution in [1.82, 2.24) is 15.6 Å². The van der Waals surface area contributed by atoms with E-state index in [0.717, 1.165) is 36.6 Å². The Morgan fingerprint density at radius 1 is 1.08 bits per heavy atom. The fourth-order valence-electron chi connectivity index (χ4n) is 3.28. The molecule has 0 radical (unpaired) electrons. The number of hydrogen-bond acceptors (Lipinski definition) is 3. The number of carbonyl (C=O) groups is 2. The smallest absolute Gasteiger partial charge is 0.251 e. The molecule has 0 bridgehead atoms. The maximum absolute atomic E-state index is 12.4. The van der Waals surface area contributed by atoms with E-state index in [9.17, 15) is 9.59 Å². The lowest BCUT2D eigenvalue weighted by Gasteiger charge is -2.29. The number of nitrogens with one attached hydrogen (secondary N) is 3. The van der Waals surface area contributed by atoms with Crippen LogP contribution in [0, 0.1) is 0 Å². The Balaban J connectivity index is 1.50. The number of rotatable bonds is 5. The number of H-pyrrole nitrogens is 1. The highest BCUT2D eigenvalue weighted by molar-refractivity contribution is 5.98. The van der Waals surface area contributed by atoms with Gasteiger partial charge in [-0.25, -0.2) is 0 Å². The average Bonchev–Trinajstić information content (AvgIpc) is 3.04. The fraction of sp³-hybridized carbons (Fsp3) is 0.444. The van der Waals surface area contributed by atoms with Gasteiger partial charge in [-0.3, -0.25) is 9.59 Å². The molecule has 1 fully saturated rings. The van der Waals surface area contributed by atoms with Crippen molar-refractivity contribution in [2.45, 2.75) is 44.2 Å². The first-order chi connectivity index (χ1) is 11.7. The molecule has 6 nitrogen and oxygen atoms in total. The van der Waals surface area contributed by atoms with E-state index in [2.05, 4.69) is 15.6 Å². The number of aromatic nitrogens is 1. The van der Waals surface area contributed by atoms with Crippen LogP contribution in [0.25, 0.3) is 10.9 Å². The van der Waals surface area contributed by atoms with Gasteiger partial charge in [0.15, 0.2) is 0 Å². The van der Waals surface area contributed by atoms with E-state index in [1.807, 2.05) is 30.5 Å². The van der Waals surface area contributed by atoms with Gasteiger partial charge in [-0.15, -0.1) is 0 Å². The molecule has 2 amide bonds. The summed E-state index contributed by atoms with van der Waals surface area (Å²) < 4.78 is 0. The minimum Gasteiger partial charge on any atom is -0.361 e. The van der Waals surface area contributed by atoms with Crippen molar-refractivity contribution in [2.24, 2.45) is 5.73 Å². The van der Waals surface area contributed by atoms with E-state index in [-0.39, 0.29) is 23.9 Å². The Labute approximate surface area is 141 Å². The minimum atomic E-state index is -0.0336. The maximum atomic E-state index is 12.4. The molecule has 1 saturated carbocycles. The zero-order valence-corrected chi connectivity index (χ0v) is 13.7. The number of carbonyl (C=O) groups excluding carboxylic acids is 2. The number of aromatic amines is 1. The molecule has 3 rings (SSSR count).